The summed E-state index contributed by atoms with van der Waals surface area (Å²) in [6, 6.07) is 8.30. The molecule has 0 saturated heterocycles. The minimum absolute atomic E-state index is 0.540. The highest BCUT2D eigenvalue weighted by molar-refractivity contribution is 5.85. The molecule has 0 aliphatic heterocycles. The highest BCUT2D eigenvalue weighted by atomic mass is 16.5. The van der Waals surface area contributed by atoms with E-state index >= 15 is 0 Å². The summed E-state index contributed by atoms with van der Waals surface area (Å²) in [5, 5.41) is 1.20. The van der Waals surface area contributed by atoms with E-state index < -0.39 is 0 Å². The maximum Gasteiger partial charge on any atom is 0.155 e. The minimum Gasteiger partial charge on any atom is -0.376 e. The average Bonchev–Trinajstić information content (AvgIpc) is 2.87. The molecule has 2 aromatic heterocycles. The van der Waals surface area contributed by atoms with Crippen molar-refractivity contribution in [3.8, 4) is 5.82 Å². The maximum absolute atomic E-state index is 5.79. The van der Waals surface area contributed by atoms with E-state index in [1.54, 1.807) is 18.6 Å². The monoisotopic (exact) mass is 281 g/mol. The molecule has 4 heteroatoms. The summed E-state index contributed by atoms with van der Waals surface area (Å²) in [4.78, 5) is 8.53. The molecule has 0 aliphatic carbocycles. The predicted octanol–water partition coefficient (Wildman–Crippen LogP) is 3.59. The van der Waals surface area contributed by atoms with Gasteiger partial charge in [-0.1, -0.05) is 32.0 Å². The van der Waals surface area contributed by atoms with E-state index in [-0.39, 0.29) is 0 Å². The predicted molar refractivity (Wildman–Crippen MR) is 83.4 cm³/mol. The summed E-state index contributed by atoms with van der Waals surface area (Å²) in [7, 11) is 0. The van der Waals surface area contributed by atoms with Crippen LogP contribution in [0.1, 0.15) is 19.4 Å². The van der Waals surface area contributed by atoms with Crippen LogP contribution in [0, 0.1) is 5.92 Å². The Labute approximate surface area is 124 Å². The Kier molecular flexibility index (Phi) is 3.97. The summed E-state index contributed by atoms with van der Waals surface area (Å²) in [5.74, 6) is 1.36. The summed E-state index contributed by atoms with van der Waals surface area (Å²) >= 11 is 0. The lowest BCUT2D eigenvalue weighted by molar-refractivity contribution is 0.0978. The average molecular weight is 281 g/mol. The Balaban J connectivity index is 1.98. The molecule has 0 bridgehead atoms. The Morgan fingerprint density at radius 2 is 2.05 bits per heavy atom. The second kappa shape index (κ2) is 6.06. The van der Waals surface area contributed by atoms with E-state index in [2.05, 4.69) is 52.8 Å². The van der Waals surface area contributed by atoms with Crippen LogP contribution in [-0.2, 0) is 11.3 Å². The van der Waals surface area contributed by atoms with Crippen LogP contribution in [0.25, 0.3) is 16.7 Å². The summed E-state index contributed by atoms with van der Waals surface area (Å²) in [6.07, 6.45) is 7.25. The van der Waals surface area contributed by atoms with Crippen LogP contribution in [0.15, 0.2) is 49.1 Å². The van der Waals surface area contributed by atoms with Crippen molar-refractivity contribution >= 4 is 10.9 Å². The molecule has 0 unspecified atom stereocenters. The van der Waals surface area contributed by atoms with Crippen molar-refractivity contribution in [2.24, 2.45) is 5.92 Å². The molecule has 3 rings (SSSR count). The van der Waals surface area contributed by atoms with Crippen molar-refractivity contribution in [1.82, 2.24) is 14.5 Å². The number of rotatable bonds is 5. The molecule has 0 N–H and O–H groups in total. The molecule has 2 heterocycles. The quantitative estimate of drug-likeness (QED) is 0.717. The third kappa shape index (κ3) is 2.95. The van der Waals surface area contributed by atoms with Gasteiger partial charge in [0.2, 0.25) is 0 Å². The van der Waals surface area contributed by atoms with E-state index in [4.69, 9.17) is 4.74 Å². The molecular weight excluding hydrogens is 262 g/mol. The highest BCUT2D eigenvalue weighted by Crippen LogP contribution is 2.24. The van der Waals surface area contributed by atoms with Crippen LogP contribution >= 0.6 is 0 Å². The van der Waals surface area contributed by atoms with Crippen LogP contribution in [0.4, 0.5) is 0 Å². The van der Waals surface area contributed by atoms with Crippen molar-refractivity contribution in [1.29, 1.82) is 0 Å². The van der Waals surface area contributed by atoms with Gasteiger partial charge in [0.1, 0.15) is 0 Å². The zero-order valence-electron chi connectivity index (χ0n) is 12.4. The Hall–Kier alpha value is -2.20. The van der Waals surface area contributed by atoms with Gasteiger partial charge in [-0.25, -0.2) is 4.98 Å². The Morgan fingerprint density at radius 1 is 1.19 bits per heavy atom. The number of nitrogens with zero attached hydrogens (tertiary/aromatic N) is 3. The topological polar surface area (TPSA) is 39.9 Å². The fraction of sp³-hybridized carbons (Fsp3) is 0.294. The first kappa shape index (κ1) is 13.8. The van der Waals surface area contributed by atoms with Gasteiger partial charge in [-0.15, -0.1) is 0 Å². The van der Waals surface area contributed by atoms with Gasteiger partial charge in [-0.3, -0.25) is 9.55 Å². The second-order valence-electron chi connectivity index (χ2n) is 5.51. The number of fused-ring (bicyclic) bond motifs is 1. The molecule has 3 aromatic rings. The second-order valence-corrected chi connectivity index (χ2v) is 5.51. The number of hydrogen-bond donors (Lipinski definition) is 0. The SMILES string of the molecule is CC(C)COCc1cn(-c2cnccn2)c2ccccc12. The molecule has 4 nitrogen and oxygen atoms in total. The smallest absolute Gasteiger partial charge is 0.155 e. The third-order valence-electron chi connectivity index (χ3n) is 3.30. The van der Waals surface area contributed by atoms with Crippen LogP contribution in [0.5, 0.6) is 0 Å². The standard InChI is InChI=1S/C17H19N3O/c1-13(2)11-21-12-14-10-20(17-9-18-7-8-19-17)16-6-4-3-5-15(14)16/h3-10,13H,11-12H2,1-2H3. The lowest BCUT2D eigenvalue weighted by atomic mass is 10.2. The largest absolute Gasteiger partial charge is 0.376 e. The number of benzene rings is 1. The van der Waals surface area contributed by atoms with Crippen LogP contribution < -0.4 is 0 Å². The third-order valence-corrected chi connectivity index (χ3v) is 3.30. The van der Waals surface area contributed by atoms with Crippen molar-refractivity contribution in [3.05, 3.63) is 54.6 Å². The lowest BCUT2D eigenvalue weighted by Crippen LogP contribution is -2.01. The molecule has 0 amide bonds. The number of hydrogen-bond acceptors (Lipinski definition) is 3. The number of ether oxygens (including phenoxy) is 1. The van der Waals surface area contributed by atoms with Crippen molar-refractivity contribution in [3.63, 3.8) is 0 Å². The molecule has 21 heavy (non-hydrogen) atoms. The molecule has 0 radical (unpaired) electrons. The van der Waals surface area contributed by atoms with Gasteiger partial charge < -0.3 is 4.74 Å². The zero-order chi connectivity index (χ0) is 14.7. The number of para-hydroxylation sites is 1. The van der Waals surface area contributed by atoms with E-state index in [0.717, 1.165) is 17.9 Å². The normalized spacial score (nSPS) is 11.4. The van der Waals surface area contributed by atoms with Gasteiger partial charge in [-0.2, -0.15) is 0 Å². The van der Waals surface area contributed by atoms with Gasteiger partial charge in [0.15, 0.2) is 5.82 Å². The minimum atomic E-state index is 0.540. The molecule has 0 spiro atoms. The van der Waals surface area contributed by atoms with Crippen molar-refractivity contribution in [2.75, 3.05) is 6.61 Å². The van der Waals surface area contributed by atoms with Crippen molar-refractivity contribution < 1.29 is 4.74 Å². The van der Waals surface area contributed by atoms with Crippen LogP contribution in [0.3, 0.4) is 0 Å². The van der Waals surface area contributed by atoms with E-state index in [1.807, 2.05) is 6.07 Å². The molecular formula is C17H19N3O. The van der Waals surface area contributed by atoms with E-state index in [9.17, 15) is 0 Å². The Bertz CT molecular complexity index is 719. The number of aromatic nitrogens is 3. The van der Waals surface area contributed by atoms with Crippen LogP contribution in [-0.4, -0.2) is 21.1 Å². The Morgan fingerprint density at radius 3 is 2.81 bits per heavy atom. The molecule has 1 aromatic carbocycles. The van der Waals surface area contributed by atoms with Crippen LogP contribution in [0.2, 0.25) is 0 Å². The molecule has 0 atom stereocenters. The zero-order valence-corrected chi connectivity index (χ0v) is 12.4. The van der Waals surface area contributed by atoms with Gasteiger partial charge in [0.05, 0.1) is 18.3 Å². The molecule has 0 fully saturated rings. The first-order valence-corrected chi connectivity index (χ1v) is 7.19. The maximum atomic E-state index is 5.79. The van der Waals surface area contributed by atoms with E-state index in [0.29, 0.717) is 12.5 Å². The fourth-order valence-electron chi connectivity index (χ4n) is 2.37. The van der Waals surface area contributed by atoms with Gasteiger partial charge in [0, 0.05) is 36.1 Å². The molecule has 0 saturated carbocycles. The highest BCUT2D eigenvalue weighted by Gasteiger charge is 2.10. The first-order valence-electron chi connectivity index (χ1n) is 7.19. The summed E-state index contributed by atoms with van der Waals surface area (Å²) in [5.41, 5.74) is 2.30. The first-order chi connectivity index (χ1) is 10.3. The summed E-state index contributed by atoms with van der Waals surface area (Å²) in [6.45, 7) is 5.70. The van der Waals surface area contributed by atoms with Gasteiger partial charge in [0.25, 0.3) is 0 Å². The van der Waals surface area contributed by atoms with E-state index in [1.165, 1.54) is 10.9 Å². The van der Waals surface area contributed by atoms with Gasteiger partial charge in [-0.05, 0) is 12.0 Å². The van der Waals surface area contributed by atoms with Gasteiger partial charge >= 0.3 is 0 Å². The fourth-order valence-corrected chi connectivity index (χ4v) is 2.37. The summed E-state index contributed by atoms with van der Waals surface area (Å²) < 4.78 is 7.85. The lowest BCUT2D eigenvalue weighted by Gasteiger charge is -2.05. The van der Waals surface area contributed by atoms with Crippen molar-refractivity contribution in [2.45, 2.75) is 20.5 Å². The molecule has 108 valence electrons. The molecule has 0 aliphatic rings.